The summed E-state index contributed by atoms with van der Waals surface area (Å²) in [6, 6.07) is 9.35. The number of hydrogen-bond donors (Lipinski definition) is 2. The van der Waals surface area contributed by atoms with Gasteiger partial charge in [0.05, 0.1) is 5.69 Å². The molecule has 0 radical (unpaired) electrons. The monoisotopic (exact) mass is 440 g/mol. The maximum Gasteiger partial charge on any atom is 0.191 e. The van der Waals surface area contributed by atoms with Crippen LogP contribution < -0.4 is 15.5 Å². The van der Waals surface area contributed by atoms with Crippen LogP contribution in [-0.2, 0) is 13.0 Å². The van der Waals surface area contributed by atoms with Gasteiger partial charge < -0.3 is 15.5 Å². The quantitative estimate of drug-likeness (QED) is 0.510. The second-order valence-corrected chi connectivity index (χ2v) is 9.58. The molecule has 2 saturated heterocycles. The average molecular weight is 441 g/mol. The van der Waals surface area contributed by atoms with E-state index in [1.807, 2.05) is 7.05 Å². The van der Waals surface area contributed by atoms with Gasteiger partial charge in [-0.2, -0.15) is 0 Å². The highest BCUT2D eigenvalue weighted by molar-refractivity contribution is 7.13. The molecule has 7 heteroatoms. The zero-order valence-electron chi connectivity index (χ0n) is 18.9. The molecule has 1 aromatic heterocycles. The van der Waals surface area contributed by atoms with Crippen LogP contribution in [0.1, 0.15) is 42.5 Å². The van der Waals surface area contributed by atoms with Crippen molar-refractivity contribution in [1.29, 1.82) is 0 Å². The van der Waals surface area contributed by atoms with Gasteiger partial charge in [-0.05, 0) is 38.2 Å². The number of nitrogens with one attached hydrogen (secondary N) is 2. The van der Waals surface area contributed by atoms with Crippen molar-refractivity contribution < 1.29 is 0 Å². The first-order valence-electron chi connectivity index (χ1n) is 11.6. The lowest BCUT2D eigenvalue weighted by Crippen LogP contribution is -2.48. The van der Waals surface area contributed by atoms with Crippen molar-refractivity contribution in [2.75, 3.05) is 44.7 Å². The zero-order valence-corrected chi connectivity index (χ0v) is 19.8. The van der Waals surface area contributed by atoms with Crippen LogP contribution in [0.15, 0.2) is 34.6 Å². The second kappa shape index (κ2) is 11.0. The van der Waals surface area contributed by atoms with Gasteiger partial charge >= 0.3 is 0 Å². The van der Waals surface area contributed by atoms with Gasteiger partial charge in [0, 0.05) is 64.2 Å². The van der Waals surface area contributed by atoms with E-state index >= 15 is 0 Å². The van der Waals surface area contributed by atoms with Crippen molar-refractivity contribution in [3.8, 4) is 0 Å². The molecule has 168 valence electrons. The molecule has 0 atom stereocenters. The van der Waals surface area contributed by atoms with Crippen LogP contribution in [0.4, 0.5) is 5.13 Å². The summed E-state index contributed by atoms with van der Waals surface area (Å²) in [6.45, 7) is 8.64. The van der Waals surface area contributed by atoms with E-state index in [1.54, 1.807) is 11.3 Å². The summed E-state index contributed by atoms with van der Waals surface area (Å²) < 4.78 is 0. The van der Waals surface area contributed by atoms with Crippen LogP contribution in [0.5, 0.6) is 0 Å². The van der Waals surface area contributed by atoms with Gasteiger partial charge in [0.25, 0.3) is 0 Å². The van der Waals surface area contributed by atoms with Crippen molar-refractivity contribution in [2.24, 2.45) is 4.99 Å². The summed E-state index contributed by atoms with van der Waals surface area (Å²) >= 11 is 1.78. The van der Waals surface area contributed by atoms with E-state index in [0.29, 0.717) is 6.04 Å². The van der Waals surface area contributed by atoms with Gasteiger partial charge in [0.2, 0.25) is 0 Å². The first-order valence-corrected chi connectivity index (χ1v) is 12.5. The molecule has 2 fully saturated rings. The van der Waals surface area contributed by atoms with E-state index in [-0.39, 0.29) is 0 Å². The predicted molar refractivity (Wildman–Crippen MR) is 131 cm³/mol. The van der Waals surface area contributed by atoms with Crippen molar-refractivity contribution >= 4 is 22.4 Å². The predicted octanol–water partition coefficient (Wildman–Crippen LogP) is 3.42. The van der Waals surface area contributed by atoms with Crippen molar-refractivity contribution in [3.05, 3.63) is 46.5 Å². The Morgan fingerprint density at radius 2 is 2.00 bits per heavy atom. The third-order valence-corrected chi connectivity index (χ3v) is 7.18. The fraction of sp³-hybridized carbons (Fsp3) is 0.583. The van der Waals surface area contributed by atoms with E-state index in [1.165, 1.54) is 34.8 Å². The molecule has 0 amide bonds. The Balaban J connectivity index is 1.16. The molecule has 2 aliphatic rings. The number of guanidine groups is 1. The van der Waals surface area contributed by atoms with E-state index < -0.39 is 0 Å². The number of piperidine rings is 1. The molecular formula is C24H36N6S. The number of rotatable bonds is 7. The van der Waals surface area contributed by atoms with Gasteiger partial charge in [0.1, 0.15) is 0 Å². The van der Waals surface area contributed by atoms with E-state index in [9.17, 15) is 0 Å². The fourth-order valence-corrected chi connectivity index (χ4v) is 5.38. The number of thiazole rings is 1. The molecule has 2 N–H and O–H groups in total. The van der Waals surface area contributed by atoms with E-state index in [0.717, 1.165) is 64.5 Å². The highest BCUT2D eigenvalue weighted by Crippen LogP contribution is 2.24. The minimum absolute atomic E-state index is 0.487. The second-order valence-electron chi connectivity index (χ2n) is 8.75. The van der Waals surface area contributed by atoms with Crippen LogP contribution in [0.2, 0.25) is 0 Å². The molecule has 6 nitrogen and oxygen atoms in total. The third kappa shape index (κ3) is 6.43. The molecule has 0 unspecified atom stereocenters. The number of hydrogen-bond acceptors (Lipinski definition) is 5. The highest BCUT2D eigenvalue weighted by Gasteiger charge is 2.20. The SMILES string of the molecule is CN=C(NCCc1csc(N2CCCC2)n1)NC1CCN(Cc2cccc(C)c2)CC1. The molecule has 3 heterocycles. The minimum atomic E-state index is 0.487. The number of nitrogens with zero attached hydrogens (tertiary/aromatic N) is 4. The first kappa shape index (κ1) is 22.1. The Bertz CT molecular complexity index is 849. The summed E-state index contributed by atoms with van der Waals surface area (Å²) in [5, 5.41) is 10.5. The number of aromatic nitrogens is 1. The van der Waals surface area contributed by atoms with Crippen molar-refractivity contribution in [1.82, 2.24) is 20.5 Å². The molecule has 0 bridgehead atoms. The van der Waals surface area contributed by atoms with Crippen LogP contribution in [-0.4, -0.2) is 61.7 Å². The third-order valence-electron chi connectivity index (χ3n) is 6.23. The molecule has 2 aromatic rings. The molecular weight excluding hydrogens is 404 g/mol. The van der Waals surface area contributed by atoms with Crippen LogP contribution in [0, 0.1) is 6.92 Å². The standard InChI is InChI=1S/C24H36N6S/c1-19-6-5-7-20(16-19)17-29-14-9-21(10-15-29)27-23(25-2)26-11-8-22-18-31-24(28-22)30-12-3-4-13-30/h5-7,16,18,21H,3-4,8-15,17H2,1-2H3,(H2,25,26,27). The van der Waals surface area contributed by atoms with Gasteiger partial charge in [-0.3, -0.25) is 9.89 Å². The Kier molecular flexibility index (Phi) is 7.81. The normalized spacial score (nSPS) is 18.5. The summed E-state index contributed by atoms with van der Waals surface area (Å²) in [7, 11) is 1.86. The number of anilines is 1. The smallest absolute Gasteiger partial charge is 0.191 e. The van der Waals surface area contributed by atoms with E-state index in [2.05, 4.69) is 62.0 Å². The lowest BCUT2D eigenvalue weighted by Gasteiger charge is -2.33. The maximum atomic E-state index is 4.82. The molecule has 1 aromatic carbocycles. The summed E-state index contributed by atoms with van der Waals surface area (Å²) in [5.74, 6) is 0.909. The Labute approximate surface area is 190 Å². The molecule has 2 aliphatic heterocycles. The number of benzene rings is 1. The number of aliphatic imine (C=N–C) groups is 1. The summed E-state index contributed by atoms with van der Waals surface area (Å²) in [4.78, 5) is 14.2. The highest BCUT2D eigenvalue weighted by atomic mass is 32.1. The van der Waals surface area contributed by atoms with Crippen molar-refractivity contribution in [3.63, 3.8) is 0 Å². The van der Waals surface area contributed by atoms with Gasteiger partial charge in [-0.1, -0.05) is 29.8 Å². The molecule has 4 rings (SSSR count). The molecule has 0 saturated carbocycles. The summed E-state index contributed by atoms with van der Waals surface area (Å²) in [6.07, 6.45) is 5.82. The zero-order chi connectivity index (χ0) is 21.5. The lowest BCUT2D eigenvalue weighted by molar-refractivity contribution is 0.198. The van der Waals surface area contributed by atoms with E-state index in [4.69, 9.17) is 4.98 Å². The first-order chi connectivity index (χ1) is 15.2. The average Bonchev–Trinajstić information content (AvgIpc) is 3.46. The summed E-state index contributed by atoms with van der Waals surface area (Å²) in [5.41, 5.74) is 3.94. The Hall–Kier alpha value is -2.12. The Morgan fingerprint density at radius 1 is 1.19 bits per heavy atom. The number of aryl methyl sites for hydroxylation is 1. The van der Waals surface area contributed by atoms with Crippen LogP contribution in [0.3, 0.4) is 0 Å². The lowest BCUT2D eigenvalue weighted by atomic mass is 10.0. The molecule has 31 heavy (non-hydrogen) atoms. The van der Waals surface area contributed by atoms with Crippen LogP contribution >= 0.6 is 11.3 Å². The minimum Gasteiger partial charge on any atom is -0.356 e. The number of likely N-dealkylation sites (tertiary alicyclic amines) is 1. The van der Waals surface area contributed by atoms with Crippen molar-refractivity contribution in [2.45, 2.75) is 51.6 Å². The van der Waals surface area contributed by atoms with Gasteiger partial charge in [-0.25, -0.2) is 4.98 Å². The van der Waals surface area contributed by atoms with Gasteiger partial charge in [0.15, 0.2) is 11.1 Å². The Morgan fingerprint density at radius 3 is 2.74 bits per heavy atom. The molecule has 0 aliphatic carbocycles. The topological polar surface area (TPSA) is 55.8 Å². The van der Waals surface area contributed by atoms with Crippen LogP contribution in [0.25, 0.3) is 0 Å². The van der Waals surface area contributed by atoms with Gasteiger partial charge in [-0.15, -0.1) is 11.3 Å². The fourth-order valence-electron chi connectivity index (χ4n) is 4.47. The maximum absolute atomic E-state index is 4.82. The molecule has 0 spiro atoms. The largest absolute Gasteiger partial charge is 0.356 e.